The molecular formula is C17H14FN3O2S. The Labute approximate surface area is 142 Å². The third kappa shape index (κ3) is 4.42. The van der Waals surface area contributed by atoms with Crippen molar-refractivity contribution in [3.05, 3.63) is 77.4 Å². The average molecular weight is 343 g/mol. The minimum Gasteiger partial charge on any atom is -0.414 e. The second-order valence-electron chi connectivity index (χ2n) is 4.93. The molecule has 0 bridgehead atoms. The van der Waals surface area contributed by atoms with Crippen LogP contribution in [0.5, 0.6) is 0 Å². The summed E-state index contributed by atoms with van der Waals surface area (Å²) in [5.74, 6) is 0.363. The minimum absolute atomic E-state index is 0.154. The van der Waals surface area contributed by atoms with Gasteiger partial charge in [-0.2, -0.15) is 0 Å². The fourth-order valence-corrected chi connectivity index (χ4v) is 2.71. The van der Waals surface area contributed by atoms with Crippen LogP contribution >= 0.6 is 11.8 Å². The monoisotopic (exact) mass is 343 g/mol. The molecule has 0 aliphatic rings. The zero-order valence-electron chi connectivity index (χ0n) is 12.6. The highest BCUT2D eigenvalue weighted by atomic mass is 32.2. The van der Waals surface area contributed by atoms with E-state index in [2.05, 4.69) is 15.5 Å². The molecule has 0 unspecified atom stereocenters. The number of thioether (sulfide) groups is 1. The Morgan fingerprint density at radius 2 is 1.96 bits per heavy atom. The van der Waals surface area contributed by atoms with E-state index in [0.29, 0.717) is 22.4 Å². The van der Waals surface area contributed by atoms with Gasteiger partial charge < -0.3 is 9.73 Å². The second kappa shape index (κ2) is 7.74. The third-order valence-corrected chi connectivity index (χ3v) is 4.03. The van der Waals surface area contributed by atoms with Crippen molar-refractivity contribution in [3.63, 3.8) is 0 Å². The molecule has 0 atom stereocenters. The highest BCUT2D eigenvalue weighted by Gasteiger charge is 2.10. The van der Waals surface area contributed by atoms with Crippen LogP contribution in [-0.2, 0) is 12.3 Å². The van der Waals surface area contributed by atoms with Gasteiger partial charge in [0.1, 0.15) is 5.82 Å². The summed E-state index contributed by atoms with van der Waals surface area (Å²) in [7, 11) is 0. The molecule has 0 aliphatic heterocycles. The molecule has 1 amide bonds. The molecular weight excluding hydrogens is 329 g/mol. The van der Waals surface area contributed by atoms with Crippen molar-refractivity contribution in [3.8, 4) is 0 Å². The topological polar surface area (TPSA) is 68.0 Å². The van der Waals surface area contributed by atoms with Crippen LogP contribution in [-0.4, -0.2) is 16.1 Å². The Morgan fingerprint density at radius 3 is 2.75 bits per heavy atom. The summed E-state index contributed by atoms with van der Waals surface area (Å²) in [5, 5.41) is 10.9. The highest BCUT2D eigenvalue weighted by molar-refractivity contribution is 7.98. The van der Waals surface area contributed by atoms with Gasteiger partial charge in [-0.05, 0) is 29.8 Å². The molecule has 0 fully saturated rings. The molecule has 24 heavy (non-hydrogen) atoms. The summed E-state index contributed by atoms with van der Waals surface area (Å²) in [6.07, 6.45) is 0. The quantitative estimate of drug-likeness (QED) is 0.695. The first-order valence-electron chi connectivity index (χ1n) is 7.23. The van der Waals surface area contributed by atoms with Gasteiger partial charge in [0.25, 0.3) is 11.1 Å². The fraction of sp³-hybridized carbons (Fsp3) is 0.118. The Balaban J connectivity index is 1.51. The molecule has 3 aromatic rings. The first kappa shape index (κ1) is 16.2. The Morgan fingerprint density at radius 1 is 1.12 bits per heavy atom. The predicted octanol–water partition coefficient (Wildman–Crippen LogP) is 3.43. The van der Waals surface area contributed by atoms with Gasteiger partial charge >= 0.3 is 0 Å². The fourth-order valence-electron chi connectivity index (χ4n) is 1.99. The summed E-state index contributed by atoms with van der Waals surface area (Å²) in [6.45, 7) is 0.154. The molecule has 0 spiro atoms. The molecule has 0 saturated heterocycles. The molecule has 1 heterocycles. The van der Waals surface area contributed by atoms with E-state index in [-0.39, 0.29) is 18.3 Å². The van der Waals surface area contributed by atoms with Gasteiger partial charge in [0.05, 0.1) is 6.54 Å². The van der Waals surface area contributed by atoms with Crippen molar-refractivity contribution in [2.24, 2.45) is 0 Å². The van der Waals surface area contributed by atoms with Crippen LogP contribution in [0.3, 0.4) is 0 Å². The van der Waals surface area contributed by atoms with E-state index in [4.69, 9.17) is 4.42 Å². The van der Waals surface area contributed by atoms with Crippen molar-refractivity contribution >= 4 is 17.7 Å². The van der Waals surface area contributed by atoms with Gasteiger partial charge in [-0.15, -0.1) is 10.2 Å². The zero-order valence-corrected chi connectivity index (χ0v) is 13.4. The number of nitrogens with one attached hydrogen (secondary N) is 1. The lowest BCUT2D eigenvalue weighted by molar-refractivity contribution is 0.0946. The molecule has 122 valence electrons. The lowest BCUT2D eigenvalue weighted by Gasteiger charge is -2.01. The van der Waals surface area contributed by atoms with E-state index in [9.17, 15) is 9.18 Å². The first-order valence-corrected chi connectivity index (χ1v) is 8.22. The van der Waals surface area contributed by atoms with E-state index in [1.165, 1.54) is 23.9 Å². The maximum Gasteiger partial charge on any atom is 0.276 e. The summed E-state index contributed by atoms with van der Waals surface area (Å²) < 4.78 is 18.6. The standard InChI is InChI=1S/C17H14FN3O2S/c18-14-8-4-5-12(9-14)11-24-17-21-20-15(23-17)10-19-16(22)13-6-2-1-3-7-13/h1-9H,10-11H2,(H,19,22). The summed E-state index contributed by atoms with van der Waals surface area (Å²) in [4.78, 5) is 11.9. The smallest absolute Gasteiger partial charge is 0.276 e. The number of amides is 1. The summed E-state index contributed by atoms with van der Waals surface area (Å²) in [6, 6.07) is 15.2. The summed E-state index contributed by atoms with van der Waals surface area (Å²) in [5.41, 5.74) is 1.40. The molecule has 1 N–H and O–H groups in total. The van der Waals surface area contributed by atoms with Crippen LogP contribution in [0.25, 0.3) is 0 Å². The zero-order chi connectivity index (χ0) is 16.8. The number of nitrogens with zero attached hydrogens (tertiary/aromatic N) is 2. The number of benzene rings is 2. The normalized spacial score (nSPS) is 10.5. The third-order valence-electron chi connectivity index (χ3n) is 3.14. The van der Waals surface area contributed by atoms with E-state index >= 15 is 0 Å². The maximum atomic E-state index is 13.1. The SMILES string of the molecule is O=C(NCc1nnc(SCc2cccc(F)c2)o1)c1ccccc1. The van der Waals surface area contributed by atoms with Gasteiger partial charge in [-0.25, -0.2) is 4.39 Å². The second-order valence-corrected chi connectivity index (χ2v) is 5.86. The van der Waals surface area contributed by atoms with Crippen LogP contribution in [0.2, 0.25) is 0 Å². The maximum absolute atomic E-state index is 13.1. The van der Waals surface area contributed by atoms with Crippen LogP contribution in [0.1, 0.15) is 21.8 Å². The van der Waals surface area contributed by atoms with Gasteiger partial charge in [0.15, 0.2) is 0 Å². The lowest BCUT2D eigenvalue weighted by Crippen LogP contribution is -2.22. The molecule has 0 aliphatic carbocycles. The molecule has 0 radical (unpaired) electrons. The largest absolute Gasteiger partial charge is 0.414 e. The molecule has 0 saturated carbocycles. The van der Waals surface area contributed by atoms with E-state index < -0.39 is 0 Å². The van der Waals surface area contributed by atoms with Crippen molar-refractivity contribution in [1.29, 1.82) is 0 Å². The number of hydrogen-bond donors (Lipinski definition) is 1. The van der Waals surface area contributed by atoms with Gasteiger partial charge in [-0.3, -0.25) is 4.79 Å². The van der Waals surface area contributed by atoms with E-state index in [0.717, 1.165) is 5.56 Å². The molecule has 2 aromatic carbocycles. The lowest BCUT2D eigenvalue weighted by atomic mass is 10.2. The highest BCUT2D eigenvalue weighted by Crippen LogP contribution is 2.21. The molecule has 3 rings (SSSR count). The Bertz CT molecular complexity index is 823. The van der Waals surface area contributed by atoms with E-state index in [1.54, 1.807) is 30.3 Å². The van der Waals surface area contributed by atoms with E-state index in [1.807, 2.05) is 12.1 Å². The van der Waals surface area contributed by atoms with Crippen LogP contribution in [0, 0.1) is 5.82 Å². The molecule has 1 aromatic heterocycles. The number of carbonyl (C=O) groups is 1. The summed E-state index contributed by atoms with van der Waals surface area (Å²) >= 11 is 1.31. The average Bonchev–Trinajstić information content (AvgIpc) is 3.07. The van der Waals surface area contributed by atoms with Crippen molar-refractivity contribution in [2.45, 2.75) is 17.5 Å². The van der Waals surface area contributed by atoms with Gasteiger partial charge in [0, 0.05) is 11.3 Å². The Hall–Kier alpha value is -2.67. The number of hydrogen-bond acceptors (Lipinski definition) is 5. The first-order chi connectivity index (χ1) is 11.7. The van der Waals surface area contributed by atoms with Crippen LogP contribution < -0.4 is 5.32 Å². The molecule has 7 heteroatoms. The van der Waals surface area contributed by atoms with Gasteiger partial charge in [-0.1, -0.05) is 42.1 Å². The van der Waals surface area contributed by atoms with Crippen molar-refractivity contribution < 1.29 is 13.6 Å². The number of rotatable bonds is 6. The predicted molar refractivity (Wildman–Crippen MR) is 87.9 cm³/mol. The van der Waals surface area contributed by atoms with Crippen LogP contribution in [0.15, 0.2) is 64.2 Å². The Kier molecular flexibility index (Phi) is 5.22. The van der Waals surface area contributed by atoms with Crippen molar-refractivity contribution in [2.75, 3.05) is 0 Å². The van der Waals surface area contributed by atoms with Gasteiger partial charge in [0.2, 0.25) is 5.89 Å². The minimum atomic E-state index is -0.275. The number of halogens is 1. The van der Waals surface area contributed by atoms with Crippen molar-refractivity contribution in [1.82, 2.24) is 15.5 Å². The number of carbonyl (C=O) groups excluding carboxylic acids is 1. The molecule has 5 nitrogen and oxygen atoms in total. The number of aromatic nitrogens is 2. The van der Waals surface area contributed by atoms with Crippen LogP contribution in [0.4, 0.5) is 4.39 Å².